The van der Waals surface area contributed by atoms with Gasteiger partial charge in [-0.2, -0.15) is 4.99 Å². The lowest BCUT2D eigenvalue weighted by Crippen LogP contribution is -2.48. The first-order valence-corrected chi connectivity index (χ1v) is 7.18. The van der Waals surface area contributed by atoms with Crippen LogP contribution in [0.4, 0.5) is 4.79 Å². The molecule has 0 aromatic heterocycles. The van der Waals surface area contributed by atoms with E-state index in [0.717, 1.165) is 19.4 Å². The summed E-state index contributed by atoms with van der Waals surface area (Å²) in [5.74, 6) is 0.392. The Morgan fingerprint density at radius 2 is 2.10 bits per heavy atom. The maximum absolute atomic E-state index is 11.8. The Labute approximate surface area is 125 Å². The molecule has 1 saturated heterocycles. The van der Waals surface area contributed by atoms with Crippen molar-refractivity contribution in [3.05, 3.63) is 0 Å². The van der Waals surface area contributed by atoms with Gasteiger partial charge in [-0.25, -0.2) is 10.3 Å². The molecule has 7 nitrogen and oxygen atoms in total. The van der Waals surface area contributed by atoms with Crippen molar-refractivity contribution in [1.29, 1.82) is 0 Å². The fourth-order valence-electron chi connectivity index (χ4n) is 1.84. The number of amides is 2. The predicted molar refractivity (Wildman–Crippen MR) is 79.0 cm³/mol. The topological polar surface area (TPSA) is 89.0 Å². The quantitative estimate of drug-likeness (QED) is 0.466. The largest absolute Gasteiger partial charge is 0.442 e. The van der Waals surface area contributed by atoms with E-state index in [0.29, 0.717) is 5.92 Å². The number of nitrogens with zero attached hydrogens (tertiary/aromatic N) is 1. The highest BCUT2D eigenvalue weighted by Crippen LogP contribution is 2.13. The number of ether oxygens (including phenoxy) is 1. The van der Waals surface area contributed by atoms with Gasteiger partial charge in [-0.15, -0.1) is 0 Å². The lowest BCUT2D eigenvalue weighted by Gasteiger charge is -2.26. The molecule has 7 heteroatoms. The number of hydrogen-bond acceptors (Lipinski definition) is 5. The Kier molecular flexibility index (Phi) is 6.77. The number of piperidine rings is 1. The van der Waals surface area contributed by atoms with Gasteiger partial charge in [0.2, 0.25) is 0 Å². The molecule has 1 aliphatic heterocycles. The van der Waals surface area contributed by atoms with Crippen molar-refractivity contribution < 1.29 is 19.2 Å². The molecule has 0 aromatic carbocycles. The standard InChI is InChI=1S/C14H25N3O4/c1-10-5-6-11(16-9-10)12(18)17-20-8-7-15-13(19)21-14(2,3)4/h7,10-11,16H,5-6,8-9H2,1-4H3,(H,17,18)/t10-,11+/m1/s1. The number of nitrogens with one attached hydrogen (secondary N) is 2. The molecule has 2 N–H and O–H groups in total. The highest BCUT2D eigenvalue weighted by atomic mass is 16.7. The molecule has 1 heterocycles. The molecule has 0 aliphatic carbocycles. The van der Waals surface area contributed by atoms with Gasteiger partial charge >= 0.3 is 6.09 Å². The molecule has 0 radical (unpaired) electrons. The maximum atomic E-state index is 11.8. The summed E-state index contributed by atoms with van der Waals surface area (Å²) in [5, 5.41) is 3.15. The Morgan fingerprint density at radius 1 is 1.38 bits per heavy atom. The fourth-order valence-corrected chi connectivity index (χ4v) is 1.84. The summed E-state index contributed by atoms with van der Waals surface area (Å²) >= 11 is 0. The molecule has 21 heavy (non-hydrogen) atoms. The van der Waals surface area contributed by atoms with Crippen molar-refractivity contribution in [2.45, 2.75) is 52.2 Å². The van der Waals surface area contributed by atoms with Gasteiger partial charge < -0.3 is 10.1 Å². The first-order valence-electron chi connectivity index (χ1n) is 7.18. The van der Waals surface area contributed by atoms with Crippen molar-refractivity contribution in [3.8, 4) is 0 Å². The summed E-state index contributed by atoms with van der Waals surface area (Å²) in [4.78, 5) is 31.5. The molecular formula is C14H25N3O4. The van der Waals surface area contributed by atoms with Gasteiger partial charge in [0.05, 0.1) is 6.04 Å². The van der Waals surface area contributed by atoms with Gasteiger partial charge in [0.25, 0.3) is 5.91 Å². The SMILES string of the molecule is C[C@@H]1CC[C@@H](C(=O)NOCC=NC(=O)OC(C)(C)C)NC1. The van der Waals surface area contributed by atoms with E-state index in [-0.39, 0.29) is 18.6 Å². The lowest BCUT2D eigenvalue weighted by atomic mass is 9.96. The molecule has 0 aromatic rings. The van der Waals surface area contributed by atoms with Gasteiger partial charge in [-0.05, 0) is 46.1 Å². The average Bonchev–Trinajstić information content (AvgIpc) is 2.36. The predicted octanol–water partition coefficient (Wildman–Crippen LogP) is 1.43. The Bertz CT molecular complexity index is 382. The van der Waals surface area contributed by atoms with Crippen molar-refractivity contribution >= 4 is 18.2 Å². The van der Waals surface area contributed by atoms with Crippen LogP contribution in [0.3, 0.4) is 0 Å². The molecule has 120 valence electrons. The van der Waals surface area contributed by atoms with Crippen LogP contribution in [-0.2, 0) is 14.4 Å². The third-order valence-corrected chi connectivity index (χ3v) is 2.90. The number of aliphatic imine (C=N–C) groups is 1. The first kappa shape index (κ1) is 17.6. The summed E-state index contributed by atoms with van der Waals surface area (Å²) in [7, 11) is 0. The zero-order chi connectivity index (χ0) is 15.9. The summed E-state index contributed by atoms with van der Waals surface area (Å²) in [6.45, 7) is 8.26. The third-order valence-electron chi connectivity index (χ3n) is 2.90. The van der Waals surface area contributed by atoms with Gasteiger partial charge in [0.15, 0.2) is 0 Å². The molecule has 0 bridgehead atoms. The van der Waals surface area contributed by atoms with Crippen molar-refractivity contribution in [2.75, 3.05) is 13.2 Å². The lowest BCUT2D eigenvalue weighted by molar-refractivity contribution is -0.135. The van der Waals surface area contributed by atoms with Crippen LogP contribution in [0.5, 0.6) is 0 Å². The summed E-state index contributed by atoms with van der Waals surface area (Å²) < 4.78 is 4.98. The molecule has 2 amide bonds. The second kappa shape index (κ2) is 8.09. The molecular weight excluding hydrogens is 274 g/mol. The highest BCUT2D eigenvalue weighted by molar-refractivity contribution is 5.81. The summed E-state index contributed by atoms with van der Waals surface area (Å²) in [6, 6.07) is -0.219. The summed E-state index contributed by atoms with van der Waals surface area (Å²) in [5.41, 5.74) is 1.77. The fraction of sp³-hybridized carbons (Fsp3) is 0.786. The van der Waals surface area contributed by atoms with E-state index < -0.39 is 11.7 Å². The molecule has 2 atom stereocenters. The zero-order valence-corrected chi connectivity index (χ0v) is 13.1. The van der Waals surface area contributed by atoms with E-state index in [1.807, 2.05) is 0 Å². The number of carbonyl (C=O) groups excluding carboxylic acids is 2. The van der Waals surface area contributed by atoms with Crippen LogP contribution in [0.15, 0.2) is 4.99 Å². The van der Waals surface area contributed by atoms with Crippen molar-refractivity contribution in [3.63, 3.8) is 0 Å². The average molecular weight is 299 g/mol. The minimum atomic E-state index is -0.680. The minimum absolute atomic E-state index is 0.00804. The van der Waals surface area contributed by atoms with Gasteiger partial charge in [-0.3, -0.25) is 9.63 Å². The molecule has 0 unspecified atom stereocenters. The van der Waals surface area contributed by atoms with Crippen LogP contribution in [0.2, 0.25) is 0 Å². The Morgan fingerprint density at radius 3 is 2.67 bits per heavy atom. The zero-order valence-electron chi connectivity index (χ0n) is 13.1. The number of hydrogen-bond donors (Lipinski definition) is 2. The Hall–Kier alpha value is -1.47. The molecule has 0 spiro atoms. The second-order valence-electron chi connectivity index (χ2n) is 6.21. The molecule has 0 saturated carbocycles. The van der Waals surface area contributed by atoms with Gasteiger partial charge in [0.1, 0.15) is 12.2 Å². The van der Waals surface area contributed by atoms with E-state index in [1.165, 1.54) is 6.21 Å². The van der Waals surface area contributed by atoms with Gasteiger partial charge in [0, 0.05) is 6.21 Å². The highest BCUT2D eigenvalue weighted by Gasteiger charge is 2.23. The van der Waals surface area contributed by atoms with E-state index in [9.17, 15) is 9.59 Å². The third kappa shape index (κ3) is 7.77. The maximum Gasteiger partial charge on any atom is 0.433 e. The normalized spacial score (nSPS) is 23.0. The van der Waals surface area contributed by atoms with E-state index in [1.54, 1.807) is 20.8 Å². The van der Waals surface area contributed by atoms with Crippen LogP contribution in [0.25, 0.3) is 0 Å². The van der Waals surface area contributed by atoms with Crippen LogP contribution in [-0.4, -0.2) is 43.0 Å². The number of hydroxylamine groups is 1. The smallest absolute Gasteiger partial charge is 0.433 e. The van der Waals surface area contributed by atoms with Crippen LogP contribution in [0.1, 0.15) is 40.5 Å². The van der Waals surface area contributed by atoms with Crippen LogP contribution < -0.4 is 10.8 Å². The van der Waals surface area contributed by atoms with E-state index in [2.05, 4.69) is 22.7 Å². The Balaban J connectivity index is 2.16. The number of rotatable bonds is 4. The molecule has 1 rings (SSSR count). The minimum Gasteiger partial charge on any atom is -0.442 e. The van der Waals surface area contributed by atoms with Crippen molar-refractivity contribution in [2.24, 2.45) is 10.9 Å². The molecule has 1 aliphatic rings. The van der Waals surface area contributed by atoms with Crippen LogP contribution in [0, 0.1) is 5.92 Å². The van der Waals surface area contributed by atoms with Crippen molar-refractivity contribution in [1.82, 2.24) is 10.8 Å². The summed E-state index contributed by atoms with van der Waals surface area (Å²) in [6.07, 6.45) is 2.39. The monoisotopic (exact) mass is 299 g/mol. The first-order chi connectivity index (χ1) is 9.78. The van der Waals surface area contributed by atoms with Gasteiger partial charge in [-0.1, -0.05) is 6.92 Å². The van der Waals surface area contributed by atoms with E-state index in [4.69, 9.17) is 9.57 Å². The number of carbonyl (C=O) groups is 2. The molecule has 1 fully saturated rings. The van der Waals surface area contributed by atoms with Crippen LogP contribution >= 0.6 is 0 Å². The second-order valence-corrected chi connectivity index (χ2v) is 6.21. The van der Waals surface area contributed by atoms with E-state index >= 15 is 0 Å².